The smallest absolute Gasteiger partial charge is 0.161 e. The van der Waals surface area contributed by atoms with E-state index in [1.807, 2.05) is 6.07 Å². The lowest BCUT2D eigenvalue weighted by molar-refractivity contribution is 0.222. The van der Waals surface area contributed by atoms with Crippen molar-refractivity contribution in [2.24, 2.45) is 0 Å². The maximum absolute atomic E-state index is 10.5. The molecule has 0 fully saturated rings. The summed E-state index contributed by atoms with van der Waals surface area (Å²) < 4.78 is 14.4. The van der Waals surface area contributed by atoms with Gasteiger partial charge in [-0.2, -0.15) is 0 Å². The Hall–Kier alpha value is -1.66. The largest absolute Gasteiger partial charge is 0.493 e. The number of aliphatic hydroxyl groups is 1. The summed E-state index contributed by atoms with van der Waals surface area (Å²) in [4.78, 5) is 0.791. The maximum atomic E-state index is 10.5. The van der Waals surface area contributed by atoms with Crippen molar-refractivity contribution in [2.75, 3.05) is 14.2 Å². The fraction of sp³-hybridized carbons (Fsp3) is 0.429. The molecule has 0 saturated heterocycles. The van der Waals surface area contributed by atoms with E-state index in [9.17, 15) is 5.11 Å². The second kappa shape index (κ2) is 6.67. The zero-order valence-corrected chi connectivity index (χ0v) is 12.6. The summed E-state index contributed by atoms with van der Waals surface area (Å²) in [6, 6.07) is 5.38. The van der Waals surface area contributed by atoms with Crippen LogP contribution in [0.25, 0.3) is 0 Å². The lowest BCUT2D eigenvalue weighted by atomic mass is 10.0. The molecule has 0 bridgehead atoms. The quantitative estimate of drug-likeness (QED) is 0.887. The van der Waals surface area contributed by atoms with E-state index in [1.165, 1.54) is 11.5 Å². The number of ether oxygens (including phenoxy) is 2. The molecule has 0 saturated carbocycles. The first kappa shape index (κ1) is 14.7. The van der Waals surface area contributed by atoms with Crippen molar-refractivity contribution < 1.29 is 14.6 Å². The van der Waals surface area contributed by atoms with Crippen molar-refractivity contribution in [3.63, 3.8) is 0 Å². The molecule has 1 heterocycles. The van der Waals surface area contributed by atoms with Crippen molar-refractivity contribution in [1.29, 1.82) is 0 Å². The van der Waals surface area contributed by atoms with Crippen LogP contribution in [0, 0.1) is 0 Å². The van der Waals surface area contributed by atoms with Gasteiger partial charge in [0.2, 0.25) is 0 Å². The van der Waals surface area contributed by atoms with Crippen LogP contribution in [-0.4, -0.2) is 28.9 Å². The number of nitrogens with zero attached hydrogens (tertiary/aromatic N) is 2. The SMILES string of the molecule is CCCc1nnsc1C(O)c1ccc(OC)c(OC)c1. The van der Waals surface area contributed by atoms with Crippen molar-refractivity contribution in [3.05, 3.63) is 34.3 Å². The number of aliphatic hydroxyl groups excluding tert-OH is 1. The monoisotopic (exact) mass is 294 g/mol. The van der Waals surface area contributed by atoms with Crippen LogP contribution in [0.2, 0.25) is 0 Å². The van der Waals surface area contributed by atoms with E-state index >= 15 is 0 Å². The molecule has 5 nitrogen and oxygen atoms in total. The minimum atomic E-state index is -0.739. The van der Waals surface area contributed by atoms with E-state index < -0.39 is 6.10 Å². The highest BCUT2D eigenvalue weighted by Crippen LogP contribution is 2.34. The number of hydrogen-bond acceptors (Lipinski definition) is 6. The van der Waals surface area contributed by atoms with E-state index in [4.69, 9.17) is 9.47 Å². The van der Waals surface area contributed by atoms with Gasteiger partial charge in [0.05, 0.1) is 24.8 Å². The molecule has 2 rings (SSSR count). The van der Waals surface area contributed by atoms with Crippen LogP contribution in [0.3, 0.4) is 0 Å². The third kappa shape index (κ3) is 2.91. The van der Waals surface area contributed by atoms with Gasteiger partial charge >= 0.3 is 0 Å². The van der Waals surface area contributed by atoms with Gasteiger partial charge in [-0.3, -0.25) is 0 Å². The van der Waals surface area contributed by atoms with Crippen LogP contribution in [0.5, 0.6) is 11.5 Å². The Labute approximate surface area is 122 Å². The zero-order chi connectivity index (χ0) is 14.5. The fourth-order valence-corrected chi connectivity index (χ4v) is 2.72. The van der Waals surface area contributed by atoms with Gasteiger partial charge in [0.15, 0.2) is 11.5 Å². The van der Waals surface area contributed by atoms with Gasteiger partial charge in [0, 0.05) is 0 Å². The molecule has 108 valence electrons. The molecule has 20 heavy (non-hydrogen) atoms. The highest BCUT2D eigenvalue weighted by molar-refractivity contribution is 7.05. The average molecular weight is 294 g/mol. The van der Waals surface area contributed by atoms with Gasteiger partial charge in [0.25, 0.3) is 0 Å². The third-order valence-electron chi connectivity index (χ3n) is 3.04. The average Bonchev–Trinajstić information content (AvgIpc) is 2.94. The molecule has 2 aromatic rings. The molecule has 0 aliphatic heterocycles. The van der Waals surface area contributed by atoms with Gasteiger partial charge in [-0.25, -0.2) is 0 Å². The molecule has 1 N–H and O–H groups in total. The summed E-state index contributed by atoms with van der Waals surface area (Å²) in [5.41, 5.74) is 1.60. The van der Waals surface area contributed by atoms with Gasteiger partial charge < -0.3 is 14.6 Å². The molecule has 1 atom stereocenters. The summed E-state index contributed by atoms with van der Waals surface area (Å²) in [7, 11) is 3.16. The van der Waals surface area contributed by atoms with E-state index in [0.717, 1.165) is 29.0 Å². The van der Waals surface area contributed by atoms with Crippen LogP contribution in [0.1, 0.15) is 35.6 Å². The Morgan fingerprint density at radius 2 is 2.00 bits per heavy atom. The minimum absolute atomic E-state index is 0.596. The molecule has 0 aliphatic rings. The molecule has 0 spiro atoms. The first-order valence-electron chi connectivity index (χ1n) is 6.42. The molecule has 0 radical (unpaired) electrons. The number of hydrogen-bond donors (Lipinski definition) is 1. The van der Waals surface area contributed by atoms with E-state index in [1.54, 1.807) is 26.4 Å². The van der Waals surface area contributed by atoms with E-state index in [-0.39, 0.29) is 0 Å². The predicted octanol–water partition coefficient (Wildman–Crippen LogP) is 2.59. The zero-order valence-electron chi connectivity index (χ0n) is 11.8. The molecular formula is C14H18N2O3S. The van der Waals surface area contributed by atoms with Crippen molar-refractivity contribution in [1.82, 2.24) is 9.59 Å². The van der Waals surface area contributed by atoms with Gasteiger partial charge in [-0.1, -0.05) is 23.9 Å². The van der Waals surface area contributed by atoms with E-state index in [2.05, 4.69) is 16.5 Å². The normalized spacial score (nSPS) is 12.2. The number of aryl methyl sites for hydroxylation is 1. The Bertz CT molecular complexity index is 571. The standard InChI is InChI=1S/C14H18N2O3S/c1-4-5-10-14(20-16-15-10)13(17)9-6-7-11(18-2)12(8-9)19-3/h6-8,13,17H,4-5H2,1-3H3. The first-order valence-corrected chi connectivity index (χ1v) is 7.19. The highest BCUT2D eigenvalue weighted by atomic mass is 32.1. The molecular weight excluding hydrogens is 276 g/mol. The molecule has 0 amide bonds. The highest BCUT2D eigenvalue weighted by Gasteiger charge is 2.19. The van der Waals surface area contributed by atoms with Crippen LogP contribution in [-0.2, 0) is 6.42 Å². The van der Waals surface area contributed by atoms with Crippen molar-refractivity contribution in [3.8, 4) is 11.5 Å². The number of benzene rings is 1. The summed E-state index contributed by atoms with van der Waals surface area (Å²) >= 11 is 1.23. The lowest BCUT2D eigenvalue weighted by Gasteiger charge is -2.13. The number of aromatic nitrogens is 2. The Morgan fingerprint density at radius 1 is 1.25 bits per heavy atom. The fourth-order valence-electron chi connectivity index (χ4n) is 2.01. The topological polar surface area (TPSA) is 64.5 Å². The molecule has 6 heteroatoms. The van der Waals surface area contributed by atoms with Gasteiger partial charge in [-0.15, -0.1) is 5.10 Å². The summed E-state index contributed by atoms with van der Waals surface area (Å²) in [5, 5.41) is 14.6. The van der Waals surface area contributed by atoms with Crippen LogP contribution in [0.15, 0.2) is 18.2 Å². The molecule has 1 unspecified atom stereocenters. The van der Waals surface area contributed by atoms with E-state index in [0.29, 0.717) is 11.5 Å². The van der Waals surface area contributed by atoms with Crippen LogP contribution in [0.4, 0.5) is 0 Å². The maximum Gasteiger partial charge on any atom is 0.161 e. The molecule has 1 aromatic heterocycles. The third-order valence-corrected chi connectivity index (χ3v) is 3.86. The second-order valence-corrected chi connectivity index (χ2v) is 5.14. The lowest BCUT2D eigenvalue weighted by Crippen LogP contribution is -2.02. The molecule has 1 aromatic carbocycles. The van der Waals surface area contributed by atoms with Gasteiger partial charge in [-0.05, 0) is 35.6 Å². The Balaban J connectivity index is 2.32. The van der Waals surface area contributed by atoms with Crippen LogP contribution < -0.4 is 9.47 Å². The Kier molecular flexibility index (Phi) is 4.92. The van der Waals surface area contributed by atoms with Crippen LogP contribution >= 0.6 is 11.5 Å². The minimum Gasteiger partial charge on any atom is -0.493 e. The van der Waals surface area contributed by atoms with Gasteiger partial charge in [0.1, 0.15) is 6.10 Å². The molecule has 0 aliphatic carbocycles. The number of methoxy groups -OCH3 is 2. The van der Waals surface area contributed by atoms with Crippen molar-refractivity contribution in [2.45, 2.75) is 25.9 Å². The summed E-state index contributed by atoms with van der Waals surface area (Å²) in [6.07, 6.45) is 1.05. The Morgan fingerprint density at radius 3 is 2.65 bits per heavy atom. The summed E-state index contributed by atoms with van der Waals surface area (Å²) in [6.45, 7) is 2.08. The summed E-state index contributed by atoms with van der Waals surface area (Å²) in [5.74, 6) is 1.23. The first-order chi connectivity index (χ1) is 9.71. The van der Waals surface area contributed by atoms with Crippen molar-refractivity contribution >= 4 is 11.5 Å². The number of rotatable bonds is 6. The predicted molar refractivity (Wildman–Crippen MR) is 77.5 cm³/mol. The second-order valence-electron chi connectivity index (χ2n) is 4.35.